The van der Waals surface area contributed by atoms with Crippen LogP contribution in [0.3, 0.4) is 0 Å². The monoisotopic (exact) mass is 413 g/mol. The number of rotatable bonds is 5. The van der Waals surface area contributed by atoms with Crippen LogP contribution in [0, 0.1) is 6.92 Å². The van der Waals surface area contributed by atoms with Crippen molar-refractivity contribution in [3.8, 4) is 5.88 Å². The van der Waals surface area contributed by atoms with Crippen LogP contribution in [0.15, 0.2) is 24.5 Å². The SMILES string of the molecule is Cc1cc(C(C)N2C(C)c3c(ccnc3Cl)C2C=O)cnc1OCC(F)(F)F. The Morgan fingerprint density at radius 3 is 2.71 bits per heavy atom. The smallest absolute Gasteiger partial charge is 0.422 e. The van der Waals surface area contributed by atoms with E-state index in [0.29, 0.717) is 10.7 Å². The highest BCUT2D eigenvalue weighted by molar-refractivity contribution is 6.30. The summed E-state index contributed by atoms with van der Waals surface area (Å²) < 4.78 is 41.9. The molecule has 1 aliphatic rings. The van der Waals surface area contributed by atoms with Crippen LogP contribution in [-0.2, 0) is 4.79 Å². The molecule has 3 unspecified atom stereocenters. The maximum absolute atomic E-state index is 12.4. The number of halogens is 4. The summed E-state index contributed by atoms with van der Waals surface area (Å²) in [6.07, 6.45) is -0.532. The Hall–Kier alpha value is -2.19. The fraction of sp³-hybridized carbons (Fsp3) is 0.421. The number of hydrogen-bond acceptors (Lipinski definition) is 5. The van der Waals surface area contributed by atoms with Gasteiger partial charge in [0.1, 0.15) is 11.4 Å². The summed E-state index contributed by atoms with van der Waals surface area (Å²) in [5, 5.41) is 0.358. The van der Waals surface area contributed by atoms with Crippen LogP contribution in [0.25, 0.3) is 0 Å². The standard InChI is InChI=1S/C19H19ClF3N3O2/c1-10-6-13(7-25-18(10)28-9-19(21,22)23)11(2)26-12(3)16-14(15(26)8-27)4-5-24-17(16)20/h4-8,11-12,15H,9H2,1-3H3. The van der Waals surface area contributed by atoms with Crippen LogP contribution in [0.1, 0.15) is 54.2 Å². The third-order valence-electron chi connectivity index (χ3n) is 4.96. The maximum Gasteiger partial charge on any atom is 0.422 e. The highest BCUT2D eigenvalue weighted by Gasteiger charge is 2.40. The summed E-state index contributed by atoms with van der Waals surface area (Å²) in [7, 11) is 0. The van der Waals surface area contributed by atoms with Gasteiger partial charge in [-0.1, -0.05) is 11.6 Å². The van der Waals surface area contributed by atoms with E-state index in [9.17, 15) is 18.0 Å². The minimum Gasteiger partial charge on any atom is -0.468 e. The number of hydrogen-bond donors (Lipinski definition) is 0. The van der Waals surface area contributed by atoms with Gasteiger partial charge in [-0.15, -0.1) is 0 Å². The number of ether oxygens (including phenoxy) is 1. The largest absolute Gasteiger partial charge is 0.468 e. The number of aryl methyl sites for hydroxylation is 1. The zero-order chi connectivity index (χ0) is 20.6. The third kappa shape index (κ3) is 3.84. The number of nitrogens with zero attached hydrogens (tertiary/aromatic N) is 3. The van der Waals surface area contributed by atoms with Gasteiger partial charge in [0.05, 0.1) is 6.04 Å². The van der Waals surface area contributed by atoms with Crippen LogP contribution < -0.4 is 4.74 Å². The van der Waals surface area contributed by atoms with Gasteiger partial charge in [-0.3, -0.25) is 4.90 Å². The van der Waals surface area contributed by atoms with E-state index in [-0.39, 0.29) is 18.0 Å². The van der Waals surface area contributed by atoms with Gasteiger partial charge in [-0.25, -0.2) is 9.97 Å². The van der Waals surface area contributed by atoms with E-state index in [1.54, 1.807) is 25.3 Å². The molecule has 0 aromatic carbocycles. The molecule has 0 saturated heterocycles. The molecule has 150 valence electrons. The summed E-state index contributed by atoms with van der Waals surface area (Å²) in [4.78, 5) is 22.0. The molecular weight excluding hydrogens is 395 g/mol. The Balaban J connectivity index is 1.88. The Labute approximate surface area is 165 Å². The molecule has 0 bridgehead atoms. The van der Waals surface area contributed by atoms with Crippen LogP contribution in [0.2, 0.25) is 5.15 Å². The molecule has 0 fully saturated rings. The molecule has 0 N–H and O–H groups in total. The molecule has 0 aliphatic carbocycles. The Morgan fingerprint density at radius 2 is 2.11 bits per heavy atom. The first-order chi connectivity index (χ1) is 13.1. The number of pyridine rings is 2. The number of carbonyl (C=O) groups excluding carboxylic acids is 1. The normalized spacial score (nSPS) is 20.7. The van der Waals surface area contributed by atoms with Gasteiger partial charge in [0, 0.05) is 35.6 Å². The summed E-state index contributed by atoms with van der Waals surface area (Å²) >= 11 is 6.25. The van der Waals surface area contributed by atoms with Crippen LogP contribution in [0.4, 0.5) is 13.2 Å². The molecule has 0 saturated carbocycles. The van der Waals surface area contributed by atoms with Gasteiger partial charge in [-0.2, -0.15) is 13.2 Å². The van der Waals surface area contributed by atoms with E-state index in [1.165, 1.54) is 6.20 Å². The zero-order valence-electron chi connectivity index (χ0n) is 15.5. The van der Waals surface area contributed by atoms with Crippen molar-refractivity contribution in [2.75, 3.05) is 6.61 Å². The summed E-state index contributed by atoms with van der Waals surface area (Å²) in [5.74, 6) is -0.0646. The lowest BCUT2D eigenvalue weighted by molar-refractivity contribution is -0.154. The van der Waals surface area contributed by atoms with Crippen molar-refractivity contribution < 1.29 is 22.7 Å². The molecule has 3 atom stereocenters. The number of fused-ring (bicyclic) bond motifs is 1. The lowest BCUT2D eigenvalue weighted by Gasteiger charge is -2.32. The molecule has 28 heavy (non-hydrogen) atoms. The molecular formula is C19H19ClF3N3O2. The van der Waals surface area contributed by atoms with E-state index in [2.05, 4.69) is 9.97 Å². The molecule has 9 heteroatoms. The Kier molecular flexibility index (Phi) is 5.63. The number of carbonyl (C=O) groups is 1. The number of alkyl halides is 3. The highest BCUT2D eigenvalue weighted by atomic mass is 35.5. The lowest BCUT2D eigenvalue weighted by Crippen LogP contribution is -2.29. The van der Waals surface area contributed by atoms with E-state index < -0.39 is 18.8 Å². The van der Waals surface area contributed by atoms with E-state index in [4.69, 9.17) is 16.3 Å². The van der Waals surface area contributed by atoms with Crippen LogP contribution >= 0.6 is 11.6 Å². The topological polar surface area (TPSA) is 55.3 Å². The van der Waals surface area contributed by atoms with Crippen molar-refractivity contribution in [2.45, 2.75) is 45.1 Å². The van der Waals surface area contributed by atoms with Crippen molar-refractivity contribution in [3.63, 3.8) is 0 Å². The van der Waals surface area contributed by atoms with Crippen LogP contribution in [-0.4, -0.2) is 33.9 Å². The van der Waals surface area contributed by atoms with Crippen molar-refractivity contribution in [2.24, 2.45) is 0 Å². The third-order valence-corrected chi connectivity index (χ3v) is 5.26. The second-order valence-corrected chi connectivity index (χ2v) is 7.14. The quantitative estimate of drug-likeness (QED) is 0.522. The number of aldehydes is 1. The first-order valence-corrected chi connectivity index (χ1v) is 9.05. The predicted molar refractivity (Wildman–Crippen MR) is 97.2 cm³/mol. The molecule has 0 amide bonds. The summed E-state index contributed by atoms with van der Waals surface area (Å²) in [6, 6.07) is 2.60. The van der Waals surface area contributed by atoms with Crippen molar-refractivity contribution in [1.29, 1.82) is 0 Å². The van der Waals surface area contributed by atoms with E-state index >= 15 is 0 Å². The summed E-state index contributed by atoms with van der Waals surface area (Å²) in [5.41, 5.74) is 2.86. The Morgan fingerprint density at radius 1 is 1.39 bits per heavy atom. The van der Waals surface area contributed by atoms with E-state index in [1.807, 2.05) is 18.7 Å². The average molecular weight is 414 g/mol. The summed E-state index contributed by atoms with van der Waals surface area (Å²) in [6.45, 7) is 4.09. The maximum atomic E-state index is 12.4. The van der Waals surface area contributed by atoms with E-state index in [0.717, 1.165) is 23.0 Å². The predicted octanol–water partition coefficient (Wildman–Crippen LogP) is 4.76. The molecule has 2 aromatic rings. The molecule has 2 aromatic heterocycles. The number of aromatic nitrogens is 2. The van der Waals surface area contributed by atoms with Gasteiger partial charge in [-0.05, 0) is 44.0 Å². The zero-order valence-corrected chi connectivity index (χ0v) is 16.3. The highest BCUT2D eigenvalue weighted by Crippen LogP contribution is 2.47. The van der Waals surface area contributed by atoms with Gasteiger partial charge >= 0.3 is 6.18 Å². The first kappa shape index (κ1) is 20.5. The van der Waals surface area contributed by atoms with Gasteiger partial charge in [0.25, 0.3) is 0 Å². The van der Waals surface area contributed by atoms with Crippen molar-refractivity contribution in [3.05, 3.63) is 51.9 Å². The molecule has 0 spiro atoms. The van der Waals surface area contributed by atoms with Gasteiger partial charge in [0.2, 0.25) is 5.88 Å². The van der Waals surface area contributed by atoms with Gasteiger partial charge < -0.3 is 9.53 Å². The first-order valence-electron chi connectivity index (χ1n) is 8.67. The Bertz CT molecular complexity index is 891. The van der Waals surface area contributed by atoms with Gasteiger partial charge in [0.15, 0.2) is 6.61 Å². The molecule has 5 nitrogen and oxygen atoms in total. The molecule has 3 heterocycles. The molecule has 0 radical (unpaired) electrons. The fourth-order valence-corrected chi connectivity index (χ4v) is 4.01. The second-order valence-electron chi connectivity index (χ2n) is 6.78. The van der Waals surface area contributed by atoms with Crippen LogP contribution in [0.5, 0.6) is 5.88 Å². The lowest BCUT2D eigenvalue weighted by atomic mass is 10.0. The molecule has 1 aliphatic heterocycles. The average Bonchev–Trinajstić information content (AvgIpc) is 2.92. The second kappa shape index (κ2) is 7.67. The fourth-order valence-electron chi connectivity index (χ4n) is 3.69. The van der Waals surface area contributed by atoms with Crippen molar-refractivity contribution in [1.82, 2.24) is 14.9 Å². The minimum absolute atomic E-state index is 0.0646. The molecule has 3 rings (SSSR count). The van der Waals surface area contributed by atoms with Crippen molar-refractivity contribution >= 4 is 17.9 Å². The minimum atomic E-state index is -4.43.